The highest BCUT2D eigenvalue weighted by Crippen LogP contribution is 2.14. The number of tetrazole rings is 1. The topological polar surface area (TPSA) is 92.8 Å². The molecule has 100 valence electrons. The molecule has 0 unspecified atom stereocenters. The summed E-state index contributed by atoms with van der Waals surface area (Å²) in [7, 11) is 0. The van der Waals surface area contributed by atoms with Crippen LogP contribution in [0.3, 0.4) is 0 Å². The van der Waals surface area contributed by atoms with Gasteiger partial charge < -0.3 is 10.1 Å². The van der Waals surface area contributed by atoms with Crippen molar-refractivity contribution in [3.05, 3.63) is 41.7 Å². The van der Waals surface area contributed by atoms with Crippen LogP contribution in [0.2, 0.25) is 0 Å². The number of nitrogens with zero attached hydrogens (tertiary/aromatic N) is 3. The quantitative estimate of drug-likeness (QED) is 0.866. The fourth-order valence-corrected chi connectivity index (χ4v) is 1.50. The molecule has 0 radical (unpaired) electrons. The lowest BCUT2D eigenvalue weighted by atomic mass is 10.1. The number of hydrogen-bond donors (Lipinski definition) is 2. The normalized spacial score (nSPS) is 11.1. The number of hydrogen-bond acceptors (Lipinski definition) is 5. The highest BCUT2D eigenvalue weighted by atomic mass is 16.5. The van der Waals surface area contributed by atoms with Crippen molar-refractivity contribution in [2.24, 2.45) is 0 Å². The van der Waals surface area contributed by atoms with E-state index in [0.717, 1.165) is 5.56 Å². The lowest BCUT2D eigenvalue weighted by Crippen LogP contribution is -2.42. The van der Waals surface area contributed by atoms with Gasteiger partial charge in [-0.2, -0.15) is 0 Å². The van der Waals surface area contributed by atoms with E-state index >= 15 is 0 Å². The minimum Gasteiger partial charge on any atom is -0.445 e. The molecule has 2 aromatic rings. The molecule has 1 aromatic heterocycles. The molecule has 0 bridgehead atoms. The number of H-pyrrole nitrogens is 1. The van der Waals surface area contributed by atoms with Gasteiger partial charge in [0.1, 0.15) is 6.61 Å². The Morgan fingerprint density at radius 1 is 1.37 bits per heavy atom. The number of rotatable bonds is 4. The van der Waals surface area contributed by atoms with E-state index in [4.69, 9.17) is 4.74 Å². The monoisotopic (exact) mass is 261 g/mol. The predicted octanol–water partition coefficient (Wildman–Crippen LogP) is 1.36. The van der Waals surface area contributed by atoms with Gasteiger partial charge in [0, 0.05) is 0 Å². The van der Waals surface area contributed by atoms with E-state index < -0.39 is 11.6 Å². The van der Waals surface area contributed by atoms with Gasteiger partial charge in [-0.05, 0) is 29.8 Å². The highest BCUT2D eigenvalue weighted by Gasteiger charge is 2.27. The van der Waals surface area contributed by atoms with E-state index in [1.807, 2.05) is 30.3 Å². The first-order valence-corrected chi connectivity index (χ1v) is 5.81. The van der Waals surface area contributed by atoms with Crippen LogP contribution in [0.25, 0.3) is 0 Å². The molecule has 0 aliphatic carbocycles. The zero-order chi connectivity index (χ0) is 13.7. The third kappa shape index (κ3) is 3.51. The van der Waals surface area contributed by atoms with Gasteiger partial charge in [-0.25, -0.2) is 9.89 Å². The van der Waals surface area contributed by atoms with E-state index in [-0.39, 0.29) is 6.61 Å². The van der Waals surface area contributed by atoms with Crippen LogP contribution in [-0.4, -0.2) is 26.7 Å². The van der Waals surface area contributed by atoms with E-state index in [1.165, 1.54) is 0 Å². The summed E-state index contributed by atoms with van der Waals surface area (Å²) in [6.07, 6.45) is -0.523. The van der Waals surface area contributed by atoms with Crippen LogP contribution in [0.4, 0.5) is 4.79 Å². The summed E-state index contributed by atoms with van der Waals surface area (Å²) >= 11 is 0. The van der Waals surface area contributed by atoms with E-state index in [1.54, 1.807) is 13.8 Å². The molecule has 1 heterocycles. The Morgan fingerprint density at radius 3 is 2.74 bits per heavy atom. The van der Waals surface area contributed by atoms with Gasteiger partial charge in [-0.3, -0.25) is 0 Å². The molecule has 1 aromatic carbocycles. The van der Waals surface area contributed by atoms with Crippen molar-refractivity contribution in [3.63, 3.8) is 0 Å². The first-order chi connectivity index (χ1) is 9.08. The first kappa shape index (κ1) is 13.0. The maximum Gasteiger partial charge on any atom is 0.408 e. The number of carbonyl (C=O) groups excluding carboxylic acids is 1. The zero-order valence-electron chi connectivity index (χ0n) is 10.8. The Kier molecular flexibility index (Phi) is 3.74. The van der Waals surface area contributed by atoms with Crippen molar-refractivity contribution in [3.8, 4) is 0 Å². The molecule has 2 N–H and O–H groups in total. The molecule has 0 fully saturated rings. The van der Waals surface area contributed by atoms with Gasteiger partial charge in [-0.1, -0.05) is 30.3 Å². The van der Waals surface area contributed by atoms with Crippen LogP contribution in [0.1, 0.15) is 25.2 Å². The van der Waals surface area contributed by atoms with Gasteiger partial charge in [0.25, 0.3) is 0 Å². The molecule has 0 aliphatic rings. The Labute approximate surface area is 110 Å². The maximum absolute atomic E-state index is 11.7. The van der Waals surface area contributed by atoms with Crippen molar-refractivity contribution in [1.82, 2.24) is 25.9 Å². The second-order valence-corrected chi connectivity index (χ2v) is 4.56. The third-order valence-corrected chi connectivity index (χ3v) is 2.56. The van der Waals surface area contributed by atoms with Gasteiger partial charge in [0.2, 0.25) is 0 Å². The molecule has 19 heavy (non-hydrogen) atoms. The predicted molar refractivity (Wildman–Crippen MR) is 67.0 cm³/mol. The summed E-state index contributed by atoms with van der Waals surface area (Å²) < 4.78 is 5.13. The molecule has 0 aliphatic heterocycles. The lowest BCUT2D eigenvalue weighted by molar-refractivity contribution is 0.128. The van der Waals surface area contributed by atoms with E-state index in [9.17, 15) is 4.79 Å². The SMILES string of the molecule is CC(C)(NC(=O)OCc1ccccc1)c1nnn[nH]1. The highest BCUT2D eigenvalue weighted by molar-refractivity contribution is 5.68. The summed E-state index contributed by atoms with van der Waals surface area (Å²) in [6, 6.07) is 9.46. The maximum atomic E-state index is 11.7. The van der Waals surface area contributed by atoms with Crippen molar-refractivity contribution in [2.45, 2.75) is 26.0 Å². The Hall–Kier alpha value is -2.44. The lowest BCUT2D eigenvalue weighted by Gasteiger charge is -2.22. The second kappa shape index (κ2) is 5.47. The fourth-order valence-electron chi connectivity index (χ4n) is 1.50. The third-order valence-electron chi connectivity index (χ3n) is 2.56. The number of alkyl carbamates (subject to hydrolysis) is 1. The van der Waals surface area contributed by atoms with Gasteiger partial charge in [-0.15, -0.1) is 5.10 Å². The number of ether oxygens (including phenoxy) is 1. The zero-order valence-corrected chi connectivity index (χ0v) is 10.8. The van der Waals surface area contributed by atoms with Crippen LogP contribution in [0.5, 0.6) is 0 Å². The molecule has 0 saturated carbocycles. The Balaban J connectivity index is 1.88. The number of aromatic amines is 1. The van der Waals surface area contributed by atoms with Crippen LogP contribution in [-0.2, 0) is 16.9 Å². The second-order valence-electron chi connectivity index (χ2n) is 4.56. The van der Waals surface area contributed by atoms with Gasteiger partial charge >= 0.3 is 6.09 Å². The number of benzene rings is 1. The standard InChI is InChI=1S/C12H15N5O2/c1-12(2,10-14-16-17-15-10)13-11(18)19-8-9-6-4-3-5-7-9/h3-7H,8H2,1-2H3,(H,13,18)(H,14,15,16,17). The van der Waals surface area contributed by atoms with Crippen molar-refractivity contribution in [2.75, 3.05) is 0 Å². The summed E-state index contributed by atoms with van der Waals surface area (Å²) in [4.78, 5) is 11.7. The molecule has 7 heteroatoms. The van der Waals surface area contributed by atoms with Crippen LogP contribution >= 0.6 is 0 Å². The van der Waals surface area contributed by atoms with E-state index in [0.29, 0.717) is 5.82 Å². The van der Waals surface area contributed by atoms with Crippen LogP contribution < -0.4 is 5.32 Å². The van der Waals surface area contributed by atoms with Gasteiger partial charge in [0.15, 0.2) is 5.82 Å². The number of aromatic nitrogens is 4. The molecular weight excluding hydrogens is 246 g/mol. The molecule has 1 amide bonds. The van der Waals surface area contributed by atoms with Crippen LogP contribution in [0, 0.1) is 0 Å². The van der Waals surface area contributed by atoms with E-state index in [2.05, 4.69) is 25.9 Å². The summed E-state index contributed by atoms with van der Waals surface area (Å²) in [5.74, 6) is 0.462. The molecule has 0 atom stereocenters. The Morgan fingerprint density at radius 2 is 2.11 bits per heavy atom. The number of carbonyl (C=O) groups is 1. The molecule has 0 saturated heterocycles. The molecule has 0 spiro atoms. The minimum absolute atomic E-state index is 0.220. The minimum atomic E-state index is -0.725. The molecular formula is C12H15N5O2. The summed E-state index contributed by atoms with van der Waals surface area (Å²) in [5.41, 5.74) is 0.203. The first-order valence-electron chi connectivity index (χ1n) is 5.81. The van der Waals surface area contributed by atoms with Crippen molar-refractivity contribution < 1.29 is 9.53 Å². The Bertz CT molecular complexity index is 524. The fraction of sp³-hybridized carbons (Fsp3) is 0.333. The molecule has 2 rings (SSSR count). The average Bonchev–Trinajstić information content (AvgIpc) is 2.92. The smallest absolute Gasteiger partial charge is 0.408 e. The number of nitrogens with one attached hydrogen (secondary N) is 2. The summed E-state index contributed by atoms with van der Waals surface area (Å²) in [6.45, 7) is 3.77. The van der Waals surface area contributed by atoms with Crippen molar-refractivity contribution >= 4 is 6.09 Å². The van der Waals surface area contributed by atoms with Gasteiger partial charge in [0.05, 0.1) is 5.54 Å². The van der Waals surface area contributed by atoms with Crippen LogP contribution in [0.15, 0.2) is 30.3 Å². The number of amides is 1. The molecule has 7 nitrogen and oxygen atoms in total. The average molecular weight is 261 g/mol. The van der Waals surface area contributed by atoms with Crippen molar-refractivity contribution in [1.29, 1.82) is 0 Å². The summed E-state index contributed by atoms with van der Waals surface area (Å²) in [5, 5.41) is 16.0. The largest absolute Gasteiger partial charge is 0.445 e.